The summed E-state index contributed by atoms with van der Waals surface area (Å²) in [6.45, 7) is 3.88. The van der Waals surface area contributed by atoms with Crippen LogP contribution in [-0.4, -0.2) is 27.7 Å². The highest BCUT2D eigenvalue weighted by Gasteiger charge is 2.20. The molecule has 2 rings (SSSR count). The topological polar surface area (TPSA) is 51.0 Å². The third-order valence-electron chi connectivity index (χ3n) is 2.33. The van der Waals surface area contributed by atoms with Gasteiger partial charge in [0.25, 0.3) is 0 Å². The zero-order valence-corrected chi connectivity index (χ0v) is 9.30. The molecule has 1 saturated heterocycles. The number of aryl methyl sites for hydroxylation is 1. The Morgan fingerprint density at radius 3 is 3.00 bits per heavy atom. The molecular weight excluding hydrogens is 198 g/mol. The van der Waals surface area contributed by atoms with Crippen LogP contribution < -0.4 is 5.32 Å². The Morgan fingerprint density at radius 1 is 1.57 bits per heavy atom. The van der Waals surface area contributed by atoms with Crippen molar-refractivity contribution in [3.63, 3.8) is 0 Å². The average Bonchev–Trinajstić information content (AvgIpc) is 2.75. The van der Waals surface area contributed by atoms with Crippen molar-refractivity contribution in [2.75, 3.05) is 11.5 Å². The zero-order valence-electron chi connectivity index (χ0n) is 8.49. The van der Waals surface area contributed by atoms with E-state index >= 15 is 0 Å². The van der Waals surface area contributed by atoms with Gasteiger partial charge in [-0.3, -0.25) is 0 Å². The van der Waals surface area contributed by atoms with E-state index < -0.39 is 0 Å². The van der Waals surface area contributed by atoms with Crippen LogP contribution in [0.1, 0.15) is 31.2 Å². The van der Waals surface area contributed by atoms with Gasteiger partial charge < -0.3 is 9.73 Å². The van der Waals surface area contributed by atoms with Gasteiger partial charge in [0.2, 0.25) is 11.8 Å². The monoisotopic (exact) mass is 213 g/mol. The van der Waals surface area contributed by atoms with Crippen LogP contribution in [0.15, 0.2) is 4.42 Å². The molecule has 2 atom stereocenters. The van der Waals surface area contributed by atoms with E-state index in [9.17, 15) is 0 Å². The molecule has 1 fully saturated rings. The standard InChI is InChI=1S/C9H15N3OS/c1-6(9-12-11-7(2)13-9)10-8-3-4-14-5-8/h6,8,10H,3-5H2,1-2H3. The molecule has 1 aliphatic heterocycles. The first-order valence-corrected chi connectivity index (χ1v) is 6.05. The molecule has 2 unspecified atom stereocenters. The summed E-state index contributed by atoms with van der Waals surface area (Å²) in [4.78, 5) is 0. The molecular formula is C9H15N3OS. The van der Waals surface area contributed by atoms with E-state index in [2.05, 4.69) is 22.4 Å². The van der Waals surface area contributed by atoms with E-state index in [0.29, 0.717) is 17.8 Å². The number of rotatable bonds is 3. The summed E-state index contributed by atoms with van der Waals surface area (Å²) in [5.41, 5.74) is 0. The Kier molecular flexibility index (Phi) is 3.08. The lowest BCUT2D eigenvalue weighted by molar-refractivity contribution is 0.379. The normalized spacial score (nSPS) is 24.0. The van der Waals surface area contributed by atoms with Crippen molar-refractivity contribution in [2.24, 2.45) is 0 Å². The average molecular weight is 213 g/mol. The minimum Gasteiger partial charge on any atom is -0.424 e. The summed E-state index contributed by atoms with van der Waals surface area (Å²) in [6, 6.07) is 0.766. The molecule has 14 heavy (non-hydrogen) atoms. The molecule has 4 nitrogen and oxygen atoms in total. The Hall–Kier alpha value is -0.550. The molecule has 78 valence electrons. The number of hydrogen-bond acceptors (Lipinski definition) is 5. The summed E-state index contributed by atoms with van der Waals surface area (Å²) in [5.74, 6) is 3.78. The van der Waals surface area contributed by atoms with Gasteiger partial charge in [-0.1, -0.05) is 0 Å². The van der Waals surface area contributed by atoms with Gasteiger partial charge in [0, 0.05) is 18.7 Å². The first kappa shape index (κ1) is 9.98. The molecule has 5 heteroatoms. The summed E-state index contributed by atoms with van der Waals surface area (Å²) >= 11 is 2.00. The zero-order chi connectivity index (χ0) is 9.97. The Labute approximate surface area is 87.9 Å². The van der Waals surface area contributed by atoms with Crippen molar-refractivity contribution in [2.45, 2.75) is 32.4 Å². The van der Waals surface area contributed by atoms with Gasteiger partial charge >= 0.3 is 0 Å². The van der Waals surface area contributed by atoms with E-state index in [1.807, 2.05) is 18.7 Å². The summed E-state index contributed by atoms with van der Waals surface area (Å²) < 4.78 is 5.36. The molecule has 2 heterocycles. The van der Waals surface area contributed by atoms with Gasteiger partial charge in [-0.2, -0.15) is 11.8 Å². The lowest BCUT2D eigenvalue weighted by Gasteiger charge is -2.15. The molecule has 1 N–H and O–H groups in total. The quantitative estimate of drug-likeness (QED) is 0.825. The van der Waals surface area contributed by atoms with Gasteiger partial charge in [0.05, 0.1) is 6.04 Å². The molecule has 0 spiro atoms. The third kappa shape index (κ3) is 2.27. The Morgan fingerprint density at radius 2 is 2.43 bits per heavy atom. The second kappa shape index (κ2) is 4.31. The van der Waals surface area contributed by atoms with E-state index in [1.165, 1.54) is 17.9 Å². The second-order valence-corrected chi connectivity index (χ2v) is 4.76. The molecule has 0 radical (unpaired) electrons. The molecule has 1 aromatic rings. The fourth-order valence-corrected chi connectivity index (χ4v) is 2.74. The fourth-order valence-electron chi connectivity index (χ4n) is 1.58. The molecule has 0 aromatic carbocycles. The second-order valence-electron chi connectivity index (χ2n) is 3.61. The highest BCUT2D eigenvalue weighted by molar-refractivity contribution is 7.99. The maximum atomic E-state index is 5.36. The maximum Gasteiger partial charge on any atom is 0.233 e. The lowest BCUT2D eigenvalue weighted by atomic mass is 10.2. The van der Waals surface area contributed by atoms with Gasteiger partial charge in [-0.25, -0.2) is 0 Å². The van der Waals surface area contributed by atoms with Crippen LogP contribution >= 0.6 is 11.8 Å². The predicted octanol–water partition coefficient (Wildman–Crippen LogP) is 1.53. The summed E-state index contributed by atoms with van der Waals surface area (Å²) in [6.07, 6.45) is 1.24. The Bertz CT molecular complexity index is 296. The number of nitrogens with zero attached hydrogens (tertiary/aromatic N) is 2. The molecule has 0 amide bonds. The van der Waals surface area contributed by atoms with E-state index in [1.54, 1.807) is 0 Å². The van der Waals surface area contributed by atoms with Crippen LogP contribution in [0.2, 0.25) is 0 Å². The molecule has 0 bridgehead atoms. The fraction of sp³-hybridized carbons (Fsp3) is 0.778. The number of hydrogen-bond donors (Lipinski definition) is 1. The third-order valence-corrected chi connectivity index (χ3v) is 3.49. The summed E-state index contributed by atoms with van der Waals surface area (Å²) in [5, 5.41) is 11.3. The van der Waals surface area contributed by atoms with Gasteiger partial charge in [0.15, 0.2) is 0 Å². The SMILES string of the molecule is Cc1nnc(C(C)NC2CCSC2)o1. The van der Waals surface area contributed by atoms with Crippen LogP contribution in [0.3, 0.4) is 0 Å². The lowest BCUT2D eigenvalue weighted by Crippen LogP contribution is -2.31. The summed E-state index contributed by atoms with van der Waals surface area (Å²) in [7, 11) is 0. The minimum absolute atomic E-state index is 0.167. The largest absolute Gasteiger partial charge is 0.424 e. The predicted molar refractivity (Wildman–Crippen MR) is 56.3 cm³/mol. The first-order chi connectivity index (χ1) is 6.75. The van der Waals surface area contributed by atoms with Crippen molar-refractivity contribution in [3.05, 3.63) is 11.8 Å². The van der Waals surface area contributed by atoms with Gasteiger partial charge in [-0.15, -0.1) is 10.2 Å². The van der Waals surface area contributed by atoms with Crippen LogP contribution in [0, 0.1) is 6.92 Å². The molecule has 1 aromatic heterocycles. The Balaban J connectivity index is 1.91. The minimum atomic E-state index is 0.167. The smallest absolute Gasteiger partial charge is 0.233 e. The van der Waals surface area contributed by atoms with Crippen LogP contribution in [-0.2, 0) is 0 Å². The van der Waals surface area contributed by atoms with Crippen molar-refractivity contribution in [3.8, 4) is 0 Å². The van der Waals surface area contributed by atoms with Crippen LogP contribution in [0.5, 0.6) is 0 Å². The number of aromatic nitrogens is 2. The number of nitrogens with one attached hydrogen (secondary N) is 1. The van der Waals surface area contributed by atoms with Gasteiger partial charge in [-0.05, 0) is 19.1 Å². The highest BCUT2D eigenvalue weighted by Crippen LogP contribution is 2.20. The van der Waals surface area contributed by atoms with Crippen molar-refractivity contribution in [1.82, 2.24) is 15.5 Å². The molecule has 1 aliphatic rings. The van der Waals surface area contributed by atoms with Crippen molar-refractivity contribution < 1.29 is 4.42 Å². The van der Waals surface area contributed by atoms with Crippen LogP contribution in [0.25, 0.3) is 0 Å². The van der Waals surface area contributed by atoms with Crippen LogP contribution in [0.4, 0.5) is 0 Å². The van der Waals surface area contributed by atoms with Gasteiger partial charge in [0.1, 0.15) is 0 Å². The van der Waals surface area contributed by atoms with Crippen molar-refractivity contribution >= 4 is 11.8 Å². The van der Waals surface area contributed by atoms with E-state index in [4.69, 9.17) is 4.42 Å². The van der Waals surface area contributed by atoms with E-state index in [0.717, 1.165) is 0 Å². The number of thioether (sulfide) groups is 1. The van der Waals surface area contributed by atoms with E-state index in [-0.39, 0.29) is 6.04 Å². The maximum absolute atomic E-state index is 5.36. The molecule has 0 saturated carbocycles. The first-order valence-electron chi connectivity index (χ1n) is 4.89. The van der Waals surface area contributed by atoms with Crippen molar-refractivity contribution in [1.29, 1.82) is 0 Å². The highest BCUT2D eigenvalue weighted by atomic mass is 32.2. The molecule has 0 aliphatic carbocycles.